The van der Waals surface area contributed by atoms with Crippen LogP contribution in [0.25, 0.3) is 0 Å². The number of unbranched alkanes of at least 4 members (excludes halogenated alkanes) is 4. The molecule has 1 N–H and O–H groups in total. The predicted molar refractivity (Wildman–Crippen MR) is 55.3 cm³/mol. The van der Waals surface area contributed by atoms with E-state index in [4.69, 9.17) is 14.6 Å². The Balaban J connectivity index is 1.73. The number of rotatable bonds is 9. The standard InChI is InChI=1S/C11H22O3/c1-2-3-4-5-6-7-13-9-11-10(8-12)14-11/h10-12H,2-9H2,1H3/t10-,11?/m1/s1. The zero-order valence-corrected chi connectivity index (χ0v) is 9.08. The van der Waals surface area contributed by atoms with Crippen molar-refractivity contribution >= 4 is 0 Å². The Kier molecular flexibility index (Phi) is 6.15. The second-order valence-electron chi connectivity index (χ2n) is 3.88. The average Bonchev–Trinajstić information content (AvgIpc) is 2.95. The Hall–Kier alpha value is -0.120. The van der Waals surface area contributed by atoms with E-state index in [0.29, 0.717) is 6.61 Å². The van der Waals surface area contributed by atoms with Crippen molar-refractivity contribution in [3.63, 3.8) is 0 Å². The van der Waals surface area contributed by atoms with Crippen LogP contribution in [0.2, 0.25) is 0 Å². The molecule has 1 aliphatic heterocycles. The van der Waals surface area contributed by atoms with Crippen LogP contribution in [0.5, 0.6) is 0 Å². The predicted octanol–water partition coefficient (Wildman–Crippen LogP) is 1.73. The molecule has 0 spiro atoms. The van der Waals surface area contributed by atoms with Gasteiger partial charge in [-0.25, -0.2) is 0 Å². The maximum atomic E-state index is 8.70. The first-order valence-corrected chi connectivity index (χ1v) is 5.72. The summed E-state index contributed by atoms with van der Waals surface area (Å²) in [6.45, 7) is 3.83. The molecule has 1 unspecified atom stereocenters. The van der Waals surface area contributed by atoms with Crippen molar-refractivity contribution in [1.82, 2.24) is 0 Å². The van der Waals surface area contributed by atoms with Crippen LogP contribution in [0.15, 0.2) is 0 Å². The lowest BCUT2D eigenvalue weighted by Gasteiger charge is -2.01. The van der Waals surface area contributed by atoms with Crippen LogP contribution in [0.4, 0.5) is 0 Å². The molecule has 1 heterocycles. The highest BCUT2D eigenvalue weighted by molar-refractivity contribution is 4.83. The summed E-state index contributed by atoms with van der Waals surface area (Å²) in [6.07, 6.45) is 6.57. The fourth-order valence-corrected chi connectivity index (χ4v) is 1.49. The van der Waals surface area contributed by atoms with Crippen molar-refractivity contribution in [2.24, 2.45) is 0 Å². The Morgan fingerprint density at radius 1 is 1.14 bits per heavy atom. The molecule has 3 heteroatoms. The smallest absolute Gasteiger partial charge is 0.110 e. The number of hydrogen-bond acceptors (Lipinski definition) is 3. The lowest BCUT2D eigenvalue weighted by atomic mass is 10.2. The highest BCUT2D eigenvalue weighted by Crippen LogP contribution is 2.21. The fraction of sp³-hybridized carbons (Fsp3) is 1.00. The maximum Gasteiger partial charge on any atom is 0.110 e. The topological polar surface area (TPSA) is 42.0 Å². The number of hydrogen-bond donors (Lipinski definition) is 1. The van der Waals surface area contributed by atoms with Crippen LogP contribution < -0.4 is 0 Å². The summed E-state index contributed by atoms with van der Waals surface area (Å²) in [7, 11) is 0. The van der Waals surface area contributed by atoms with E-state index in [1.165, 1.54) is 25.7 Å². The van der Waals surface area contributed by atoms with Gasteiger partial charge < -0.3 is 14.6 Å². The number of epoxide rings is 1. The first kappa shape index (κ1) is 12.0. The van der Waals surface area contributed by atoms with Gasteiger partial charge >= 0.3 is 0 Å². The van der Waals surface area contributed by atoms with Gasteiger partial charge in [0.15, 0.2) is 0 Å². The van der Waals surface area contributed by atoms with Crippen LogP contribution in [0.3, 0.4) is 0 Å². The Bertz CT molecular complexity index is 138. The average molecular weight is 202 g/mol. The largest absolute Gasteiger partial charge is 0.394 e. The molecule has 0 aromatic heterocycles. The molecular weight excluding hydrogens is 180 g/mol. The highest BCUT2D eigenvalue weighted by Gasteiger charge is 2.37. The molecule has 14 heavy (non-hydrogen) atoms. The van der Waals surface area contributed by atoms with Gasteiger partial charge in [-0.3, -0.25) is 0 Å². The van der Waals surface area contributed by atoms with Crippen molar-refractivity contribution in [3.8, 4) is 0 Å². The fourth-order valence-electron chi connectivity index (χ4n) is 1.49. The SMILES string of the molecule is CCCCCCCOCC1O[C@@H]1CO. The first-order valence-electron chi connectivity index (χ1n) is 5.72. The lowest BCUT2D eigenvalue weighted by molar-refractivity contribution is 0.113. The lowest BCUT2D eigenvalue weighted by Crippen LogP contribution is -2.07. The Morgan fingerprint density at radius 3 is 2.57 bits per heavy atom. The zero-order chi connectivity index (χ0) is 10.2. The van der Waals surface area contributed by atoms with Gasteiger partial charge in [0, 0.05) is 6.61 Å². The summed E-state index contributed by atoms with van der Waals surface area (Å²) in [5.41, 5.74) is 0. The molecule has 0 aromatic rings. The molecule has 84 valence electrons. The third kappa shape index (κ3) is 4.94. The van der Waals surface area contributed by atoms with Crippen LogP contribution in [-0.2, 0) is 9.47 Å². The van der Waals surface area contributed by atoms with Gasteiger partial charge in [-0.2, -0.15) is 0 Å². The summed E-state index contributed by atoms with van der Waals surface area (Å²) < 4.78 is 10.6. The van der Waals surface area contributed by atoms with Gasteiger partial charge in [0.1, 0.15) is 12.2 Å². The molecule has 1 fully saturated rings. The third-order valence-corrected chi connectivity index (χ3v) is 2.54. The number of aliphatic hydroxyl groups excluding tert-OH is 1. The van der Waals surface area contributed by atoms with E-state index in [2.05, 4.69) is 6.92 Å². The van der Waals surface area contributed by atoms with Crippen LogP contribution in [-0.4, -0.2) is 37.1 Å². The van der Waals surface area contributed by atoms with Crippen molar-refractivity contribution in [2.75, 3.05) is 19.8 Å². The van der Waals surface area contributed by atoms with E-state index >= 15 is 0 Å². The minimum Gasteiger partial charge on any atom is -0.394 e. The summed E-state index contributed by atoms with van der Waals surface area (Å²) in [6, 6.07) is 0. The van der Waals surface area contributed by atoms with Gasteiger partial charge in [-0.15, -0.1) is 0 Å². The molecule has 0 aliphatic carbocycles. The molecule has 0 saturated carbocycles. The zero-order valence-electron chi connectivity index (χ0n) is 9.08. The quantitative estimate of drug-likeness (QED) is 0.457. The molecule has 0 bridgehead atoms. The highest BCUT2D eigenvalue weighted by atomic mass is 16.6. The summed E-state index contributed by atoms with van der Waals surface area (Å²) in [4.78, 5) is 0. The van der Waals surface area contributed by atoms with Crippen molar-refractivity contribution in [1.29, 1.82) is 0 Å². The third-order valence-electron chi connectivity index (χ3n) is 2.54. The van der Waals surface area contributed by atoms with Gasteiger partial charge in [0.2, 0.25) is 0 Å². The molecule has 1 rings (SSSR count). The summed E-state index contributed by atoms with van der Waals surface area (Å²) in [5, 5.41) is 8.70. The van der Waals surface area contributed by atoms with Gasteiger partial charge in [0.25, 0.3) is 0 Å². The van der Waals surface area contributed by atoms with Gasteiger partial charge in [-0.05, 0) is 6.42 Å². The number of aliphatic hydroxyl groups is 1. The minimum atomic E-state index is 0.0510. The van der Waals surface area contributed by atoms with Crippen molar-refractivity contribution in [3.05, 3.63) is 0 Å². The van der Waals surface area contributed by atoms with E-state index < -0.39 is 0 Å². The Morgan fingerprint density at radius 2 is 1.93 bits per heavy atom. The normalized spacial score (nSPS) is 25.3. The van der Waals surface area contributed by atoms with E-state index in [0.717, 1.165) is 13.0 Å². The van der Waals surface area contributed by atoms with Gasteiger partial charge in [-0.1, -0.05) is 32.6 Å². The minimum absolute atomic E-state index is 0.0510. The number of ether oxygens (including phenoxy) is 2. The summed E-state index contributed by atoms with van der Waals surface area (Å²) >= 11 is 0. The Labute approximate surface area is 86.4 Å². The molecule has 1 aliphatic rings. The van der Waals surface area contributed by atoms with E-state index in [1.54, 1.807) is 0 Å². The van der Waals surface area contributed by atoms with E-state index in [1.807, 2.05) is 0 Å². The first-order chi connectivity index (χ1) is 6.88. The second kappa shape index (κ2) is 7.21. The van der Waals surface area contributed by atoms with Crippen molar-refractivity contribution < 1.29 is 14.6 Å². The second-order valence-corrected chi connectivity index (χ2v) is 3.88. The molecule has 1 saturated heterocycles. The van der Waals surface area contributed by atoms with Crippen molar-refractivity contribution in [2.45, 2.75) is 51.2 Å². The van der Waals surface area contributed by atoms with Crippen LogP contribution in [0, 0.1) is 0 Å². The van der Waals surface area contributed by atoms with Crippen LogP contribution >= 0.6 is 0 Å². The van der Waals surface area contributed by atoms with Crippen LogP contribution in [0.1, 0.15) is 39.0 Å². The molecule has 0 radical (unpaired) electrons. The molecule has 0 amide bonds. The molecule has 0 aromatic carbocycles. The monoisotopic (exact) mass is 202 g/mol. The molecule has 2 atom stereocenters. The van der Waals surface area contributed by atoms with E-state index in [-0.39, 0.29) is 18.8 Å². The molecular formula is C11H22O3. The van der Waals surface area contributed by atoms with E-state index in [9.17, 15) is 0 Å². The summed E-state index contributed by atoms with van der Waals surface area (Å²) in [5.74, 6) is 0. The maximum absolute atomic E-state index is 8.70. The van der Waals surface area contributed by atoms with Gasteiger partial charge in [0.05, 0.1) is 13.2 Å². The molecule has 3 nitrogen and oxygen atoms in total.